The topological polar surface area (TPSA) is 83.1 Å². The number of hydrogen-bond acceptors (Lipinski definition) is 6. The number of nitrogens with one attached hydrogen (secondary N) is 2. The number of halogens is 2. The minimum Gasteiger partial charge on any atom is -0.379 e. The van der Waals surface area contributed by atoms with Gasteiger partial charge in [-0.05, 0) is 49.1 Å². The molecule has 0 aliphatic carbocycles. The smallest absolute Gasteiger partial charge is 0.379 e. The zero-order valence-electron chi connectivity index (χ0n) is 19.3. The fourth-order valence-corrected chi connectivity index (χ4v) is 5.67. The van der Waals surface area contributed by atoms with Crippen molar-refractivity contribution in [1.29, 1.82) is 0 Å². The average molecular weight is 519 g/mol. The summed E-state index contributed by atoms with van der Waals surface area (Å²) in [7, 11) is 0. The van der Waals surface area contributed by atoms with Crippen LogP contribution in [0.15, 0.2) is 42.5 Å². The van der Waals surface area contributed by atoms with E-state index in [2.05, 4.69) is 15.5 Å². The summed E-state index contributed by atoms with van der Waals surface area (Å²) < 4.78 is 5.32. The van der Waals surface area contributed by atoms with Gasteiger partial charge in [0.25, 0.3) is 0 Å². The molecule has 2 N–H and O–H groups in total. The zero-order chi connectivity index (χ0) is 24.4. The largest absolute Gasteiger partial charge is 0.427 e. The van der Waals surface area contributed by atoms with Gasteiger partial charge in [0.05, 0.1) is 32.5 Å². The highest BCUT2D eigenvalue weighted by atomic mass is 35.5. The highest BCUT2D eigenvalue weighted by Gasteiger charge is 2.54. The summed E-state index contributed by atoms with van der Waals surface area (Å²) in [5.41, 5.74) is 1.41. The number of ether oxygens (including phenoxy) is 1. The number of carbonyl (C=O) groups is 2. The lowest BCUT2D eigenvalue weighted by Crippen LogP contribution is -2.63. The Morgan fingerprint density at radius 2 is 1.91 bits per heavy atom. The van der Waals surface area contributed by atoms with E-state index in [1.54, 1.807) is 17.2 Å². The Hall–Kier alpha value is -2.36. The molecule has 2 fully saturated rings. The number of carbonyl (C=O) groups excluding carboxylic acids is 2. The van der Waals surface area contributed by atoms with E-state index in [0.29, 0.717) is 61.4 Å². The van der Waals surface area contributed by atoms with Crippen molar-refractivity contribution >= 4 is 40.9 Å². The van der Waals surface area contributed by atoms with Gasteiger partial charge in [-0.25, -0.2) is 4.79 Å². The normalized spacial score (nSPS) is 25.1. The van der Waals surface area contributed by atoms with Gasteiger partial charge >= 0.3 is 6.09 Å². The number of piperidine rings is 1. The quantitative estimate of drug-likeness (QED) is 0.617. The number of benzene rings is 2. The summed E-state index contributed by atoms with van der Waals surface area (Å²) in [6.45, 7) is 2.73. The van der Waals surface area contributed by atoms with E-state index in [1.807, 2.05) is 30.3 Å². The van der Waals surface area contributed by atoms with Crippen LogP contribution >= 0.6 is 23.2 Å². The van der Waals surface area contributed by atoms with Crippen LogP contribution in [0.5, 0.6) is 0 Å². The minimum atomic E-state index is -1.04. The van der Waals surface area contributed by atoms with E-state index in [4.69, 9.17) is 32.8 Å². The van der Waals surface area contributed by atoms with E-state index in [-0.39, 0.29) is 12.1 Å². The first-order chi connectivity index (χ1) is 17.0. The van der Waals surface area contributed by atoms with Crippen molar-refractivity contribution in [1.82, 2.24) is 15.3 Å². The molecule has 1 unspecified atom stereocenters. The fraction of sp³-hybridized carbons (Fsp3) is 0.440. The molecule has 5 rings (SSSR count). The third-order valence-corrected chi connectivity index (χ3v) is 7.33. The maximum absolute atomic E-state index is 13.8. The third kappa shape index (κ3) is 4.99. The van der Waals surface area contributed by atoms with Crippen LogP contribution in [0.25, 0.3) is 0 Å². The predicted octanol–water partition coefficient (Wildman–Crippen LogP) is 4.17. The highest BCUT2D eigenvalue weighted by molar-refractivity contribution is 6.31. The summed E-state index contributed by atoms with van der Waals surface area (Å²) in [5, 5.41) is 8.82. The van der Waals surface area contributed by atoms with Gasteiger partial charge in [0.15, 0.2) is 0 Å². The summed E-state index contributed by atoms with van der Waals surface area (Å²) in [6.07, 6.45) is 2.02. The second kappa shape index (κ2) is 10.3. The van der Waals surface area contributed by atoms with Crippen molar-refractivity contribution in [2.75, 3.05) is 38.2 Å². The van der Waals surface area contributed by atoms with E-state index >= 15 is 0 Å². The van der Waals surface area contributed by atoms with Gasteiger partial charge < -0.3 is 20.2 Å². The highest BCUT2D eigenvalue weighted by Crippen LogP contribution is 2.46. The van der Waals surface area contributed by atoms with Crippen molar-refractivity contribution in [3.8, 4) is 0 Å². The number of fused-ring (bicyclic) bond motifs is 1. The Morgan fingerprint density at radius 3 is 2.71 bits per heavy atom. The second-order valence-corrected chi connectivity index (χ2v) is 9.95. The Morgan fingerprint density at radius 1 is 1.11 bits per heavy atom. The molecule has 10 heteroatoms. The van der Waals surface area contributed by atoms with Crippen LogP contribution in [0.4, 0.5) is 10.5 Å². The Kier molecular flexibility index (Phi) is 7.18. The molecule has 0 spiro atoms. The number of amides is 2. The molecule has 2 saturated heterocycles. The third-order valence-electron chi connectivity index (χ3n) is 6.86. The van der Waals surface area contributed by atoms with Gasteiger partial charge in [0.2, 0.25) is 5.91 Å². The van der Waals surface area contributed by atoms with Crippen molar-refractivity contribution in [3.05, 3.63) is 63.6 Å². The van der Waals surface area contributed by atoms with Crippen LogP contribution in [0.3, 0.4) is 0 Å². The van der Waals surface area contributed by atoms with Crippen LogP contribution in [0.1, 0.15) is 30.4 Å². The Bertz CT molecular complexity index is 1110. The summed E-state index contributed by atoms with van der Waals surface area (Å²) in [6, 6.07) is 13.0. The molecule has 2 atom stereocenters. The van der Waals surface area contributed by atoms with Crippen LogP contribution < -0.4 is 10.6 Å². The van der Waals surface area contributed by atoms with Crippen molar-refractivity contribution in [3.63, 3.8) is 0 Å². The Balaban J connectivity index is 1.49. The number of anilines is 1. The molecule has 2 aromatic carbocycles. The monoisotopic (exact) mass is 518 g/mol. The molecule has 0 radical (unpaired) electrons. The lowest BCUT2D eigenvalue weighted by molar-refractivity contribution is -0.150. The molecular weight excluding hydrogens is 491 g/mol. The van der Waals surface area contributed by atoms with Crippen LogP contribution in [-0.4, -0.2) is 61.0 Å². The molecular formula is C25H28Cl2N4O4. The first-order valence-electron chi connectivity index (χ1n) is 11.9. The maximum Gasteiger partial charge on any atom is 0.427 e. The van der Waals surface area contributed by atoms with Gasteiger partial charge in [0, 0.05) is 34.3 Å². The molecule has 186 valence electrons. The molecule has 2 amide bonds. The lowest BCUT2D eigenvalue weighted by Gasteiger charge is -2.47. The number of hydroxylamine groups is 2. The molecule has 3 aliphatic heterocycles. The molecule has 0 saturated carbocycles. The van der Waals surface area contributed by atoms with Gasteiger partial charge in [-0.2, -0.15) is 0 Å². The van der Waals surface area contributed by atoms with Gasteiger partial charge in [-0.15, -0.1) is 5.06 Å². The molecule has 0 aromatic heterocycles. The van der Waals surface area contributed by atoms with Crippen LogP contribution in [0, 0.1) is 0 Å². The number of rotatable bonds is 5. The second-order valence-electron chi connectivity index (χ2n) is 9.08. The SMILES string of the molecule is O=C(NC1CCCCN1[C@]1(Cc2cccc(Cl)c2)C(=O)Nc2cc(Cl)ccc21)ON1CCOCC1. The number of likely N-dealkylation sites (tertiary alicyclic amines) is 1. The minimum absolute atomic E-state index is 0.148. The van der Waals surface area contributed by atoms with Crippen LogP contribution in [0.2, 0.25) is 10.0 Å². The van der Waals surface area contributed by atoms with E-state index < -0.39 is 11.6 Å². The standard InChI is InChI=1S/C25H28Cl2N4O4/c26-18-5-3-4-17(14-18)16-25(20-8-7-19(27)15-21(20)28-23(25)32)31-9-2-1-6-22(31)29-24(33)35-30-10-12-34-13-11-30/h3-5,7-8,14-15,22H,1-2,6,9-13,16H2,(H,28,32)(H,29,33)/t22?,25-/m0/s1. The van der Waals surface area contributed by atoms with E-state index in [1.165, 1.54) is 0 Å². The maximum atomic E-state index is 13.8. The van der Waals surface area contributed by atoms with Gasteiger partial charge in [-0.1, -0.05) is 41.4 Å². The first kappa shape index (κ1) is 24.3. The van der Waals surface area contributed by atoms with E-state index in [9.17, 15) is 9.59 Å². The molecule has 0 bridgehead atoms. The predicted molar refractivity (Wildman–Crippen MR) is 133 cm³/mol. The number of morpholine rings is 1. The molecule has 3 heterocycles. The Labute approximate surface area is 214 Å². The van der Waals surface area contributed by atoms with E-state index in [0.717, 1.165) is 24.0 Å². The van der Waals surface area contributed by atoms with Crippen LogP contribution in [-0.2, 0) is 26.3 Å². The molecule has 35 heavy (non-hydrogen) atoms. The molecule has 2 aromatic rings. The molecule has 3 aliphatic rings. The summed E-state index contributed by atoms with van der Waals surface area (Å²) in [5.74, 6) is -0.148. The van der Waals surface area contributed by atoms with Crippen molar-refractivity contribution < 1.29 is 19.2 Å². The molecule has 8 nitrogen and oxygen atoms in total. The first-order valence-corrected chi connectivity index (χ1v) is 12.7. The van der Waals surface area contributed by atoms with Crippen molar-refractivity contribution in [2.45, 2.75) is 37.4 Å². The van der Waals surface area contributed by atoms with Gasteiger partial charge in [0.1, 0.15) is 5.54 Å². The van der Waals surface area contributed by atoms with Gasteiger partial charge in [-0.3, -0.25) is 9.69 Å². The number of hydrogen-bond donors (Lipinski definition) is 2. The average Bonchev–Trinajstić information content (AvgIpc) is 3.10. The number of nitrogens with zero attached hydrogens (tertiary/aromatic N) is 2. The summed E-state index contributed by atoms with van der Waals surface area (Å²) in [4.78, 5) is 34.3. The van der Waals surface area contributed by atoms with Crippen molar-refractivity contribution in [2.24, 2.45) is 0 Å². The summed E-state index contributed by atoms with van der Waals surface area (Å²) >= 11 is 12.5. The lowest BCUT2D eigenvalue weighted by atomic mass is 9.81. The zero-order valence-corrected chi connectivity index (χ0v) is 20.8. The fourth-order valence-electron chi connectivity index (χ4n) is 5.29.